The van der Waals surface area contributed by atoms with Gasteiger partial charge in [-0.15, -0.1) is 0 Å². The third kappa shape index (κ3) is 3.40. The summed E-state index contributed by atoms with van der Waals surface area (Å²) in [5.41, 5.74) is 5.60. The number of nitrogens with zero attached hydrogens (tertiary/aromatic N) is 1. The standard InChI is InChI=1S/C14H27N3O3S/c1-3-21(19,20)17-9-6-11(7-10-17)16-13(18)14(2)8-4-5-12(14)15/h11-12H,3-10,15H2,1-2H3,(H,16,18). The van der Waals surface area contributed by atoms with E-state index < -0.39 is 15.4 Å². The van der Waals surface area contributed by atoms with Crippen molar-refractivity contribution in [2.45, 2.75) is 58.0 Å². The van der Waals surface area contributed by atoms with Gasteiger partial charge in [0.2, 0.25) is 15.9 Å². The van der Waals surface area contributed by atoms with Gasteiger partial charge >= 0.3 is 0 Å². The average molecular weight is 317 g/mol. The minimum Gasteiger partial charge on any atom is -0.353 e. The molecule has 1 aliphatic carbocycles. The third-order valence-corrected chi connectivity index (χ3v) is 6.98. The van der Waals surface area contributed by atoms with Gasteiger partial charge in [0.25, 0.3) is 0 Å². The first-order valence-electron chi connectivity index (χ1n) is 7.84. The topological polar surface area (TPSA) is 92.5 Å². The molecule has 0 aromatic rings. The van der Waals surface area contributed by atoms with E-state index >= 15 is 0 Å². The fourth-order valence-electron chi connectivity index (χ4n) is 3.29. The van der Waals surface area contributed by atoms with E-state index in [1.807, 2.05) is 6.92 Å². The second-order valence-corrected chi connectivity index (χ2v) is 8.72. The predicted molar refractivity (Wildman–Crippen MR) is 82.1 cm³/mol. The molecule has 7 heteroatoms. The molecule has 2 aliphatic rings. The summed E-state index contributed by atoms with van der Waals surface area (Å²) in [6, 6.07) is -0.0107. The summed E-state index contributed by atoms with van der Waals surface area (Å²) in [5, 5.41) is 3.08. The molecule has 2 atom stereocenters. The molecule has 2 rings (SSSR count). The minimum absolute atomic E-state index is 0.0318. The normalized spacial score (nSPS) is 32.2. The van der Waals surface area contributed by atoms with Gasteiger partial charge in [0.05, 0.1) is 11.2 Å². The first-order chi connectivity index (χ1) is 9.79. The number of hydrogen-bond donors (Lipinski definition) is 2. The van der Waals surface area contributed by atoms with Crippen LogP contribution in [0.15, 0.2) is 0 Å². The zero-order chi connectivity index (χ0) is 15.7. The van der Waals surface area contributed by atoms with E-state index in [4.69, 9.17) is 5.73 Å². The lowest BCUT2D eigenvalue weighted by atomic mass is 9.83. The molecule has 122 valence electrons. The molecule has 1 heterocycles. The zero-order valence-electron chi connectivity index (χ0n) is 13.0. The van der Waals surface area contributed by atoms with Crippen LogP contribution < -0.4 is 11.1 Å². The highest BCUT2D eigenvalue weighted by Gasteiger charge is 2.43. The molecule has 2 unspecified atom stereocenters. The number of carbonyl (C=O) groups excluding carboxylic acids is 1. The second-order valence-electron chi connectivity index (χ2n) is 6.46. The molecule has 1 amide bonds. The highest BCUT2D eigenvalue weighted by Crippen LogP contribution is 2.37. The van der Waals surface area contributed by atoms with Crippen molar-refractivity contribution in [3.05, 3.63) is 0 Å². The number of carbonyl (C=O) groups is 1. The number of piperidine rings is 1. The summed E-state index contributed by atoms with van der Waals surface area (Å²) in [6.45, 7) is 4.58. The van der Waals surface area contributed by atoms with Gasteiger partial charge in [-0.05, 0) is 39.5 Å². The Bertz CT molecular complexity index is 486. The summed E-state index contributed by atoms with van der Waals surface area (Å²) in [4.78, 5) is 12.5. The molecule has 0 bridgehead atoms. The van der Waals surface area contributed by atoms with Crippen molar-refractivity contribution in [3.8, 4) is 0 Å². The Morgan fingerprint density at radius 2 is 1.95 bits per heavy atom. The molecule has 0 radical (unpaired) electrons. The molecule has 0 spiro atoms. The van der Waals surface area contributed by atoms with E-state index in [2.05, 4.69) is 5.32 Å². The Balaban J connectivity index is 1.88. The zero-order valence-corrected chi connectivity index (χ0v) is 13.8. The van der Waals surface area contributed by atoms with E-state index in [0.29, 0.717) is 25.9 Å². The van der Waals surface area contributed by atoms with E-state index in [1.165, 1.54) is 4.31 Å². The number of amides is 1. The maximum Gasteiger partial charge on any atom is 0.227 e. The molecule has 3 N–H and O–H groups in total. The van der Waals surface area contributed by atoms with E-state index in [-0.39, 0.29) is 23.7 Å². The van der Waals surface area contributed by atoms with Crippen LogP contribution >= 0.6 is 0 Å². The summed E-state index contributed by atoms with van der Waals surface area (Å²) >= 11 is 0. The van der Waals surface area contributed by atoms with Crippen LogP contribution in [-0.2, 0) is 14.8 Å². The van der Waals surface area contributed by atoms with Crippen molar-refractivity contribution in [1.29, 1.82) is 0 Å². The van der Waals surface area contributed by atoms with Crippen molar-refractivity contribution in [2.75, 3.05) is 18.8 Å². The molecule has 6 nitrogen and oxygen atoms in total. The van der Waals surface area contributed by atoms with E-state index in [0.717, 1.165) is 19.3 Å². The number of nitrogens with one attached hydrogen (secondary N) is 1. The number of sulfonamides is 1. The summed E-state index contributed by atoms with van der Waals surface area (Å²) in [6.07, 6.45) is 4.09. The smallest absolute Gasteiger partial charge is 0.227 e. The molecule has 2 fully saturated rings. The Labute approximate surface area is 127 Å². The van der Waals surface area contributed by atoms with E-state index in [1.54, 1.807) is 6.92 Å². The summed E-state index contributed by atoms with van der Waals surface area (Å²) in [7, 11) is -3.11. The van der Waals surface area contributed by atoms with Crippen LogP contribution in [0.1, 0.15) is 46.0 Å². The number of rotatable bonds is 4. The van der Waals surface area contributed by atoms with Gasteiger partial charge in [-0.3, -0.25) is 4.79 Å². The fraction of sp³-hybridized carbons (Fsp3) is 0.929. The summed E-state index contributed by atoms with van der Waals surface area (Å²) in [5.74, 6) is 0.168. The van der Waals surface area contributed by atoms with Crippen LogP contribution in [0.2, 0.25) is 0 Å². The first kappa shape index (κ1) is 16.7. The lowest BCUT2D eigenvalue weighted by molar-refractivity contribution is -0.131. The molecule has 0 aromatic carbocycles. The Hall–Kier alpha value is -0.660. The van der Waals surface area contributed by atoms with Crippen LogP contribution in [0.5, 0.6) is 0 Å². The average Bonchev–Trinajstić information content (AvgIpc) is 2.80. The molecular formula is C14H27N3O3S. The van der Waals surface area contributed by atoms with Gasteiger partial charge in [-0.2, -0.15) is 0 Å². The Morgan fingerprint density at radius 3 is 2.43 bits per heavy atom. The largest absolute Gasteiger partial charge is 0.353 e. The molecule has 21 heavy (non-hydrogen) atoms. The van der Waals surface area contributed by atoms with Crippen molar-refractivity contribution < 1.29 is 13.2 Å². The van der Waals surface area contributed by atoms with E-state index in [9.17, 15) is 13.2 Å². The molecule has 1 saturated heterocycles. The van der Waals surface area contributed by atoms with Crippen molar-refractivity contribution >= 4 is 15.9 Å². The maximum atomic E-state index is 12.5. The van der Waals surface area contributed by atoms with Crippen molar-refractivity contribution in [3.63, 3.8) is 0 Å². The van der Waals surface area contributed by atoms with Crippen LogP contribution in [0.4, 0.5) is 0 Å². The van der Waals surface area contributed by atoms with Gasteiger partial charge in [-0.1, -0.05) is 6.42 Å². The molecule has 1 aliphatic heterocycles. The molecule has 0 aromatic heterocycles. The quantitative estimate of drug-likeness (QED) is 0.786. The fourth-order valence-corrected chi connectivity index (χ4v) is 4.42. The van der Waals surface area contributed by atoms with Gasteiger partial charge in [0.1, 0.15) is 0 Å². The SMILES string of the molecule is CCS(=O)(=O)N1CCC(NC(=O)C2(C)CCCC2N)CC1. The summed E-state index contributed by atoms with van der Waals surface area (Å²) < 4.78 is 25.1. The van der Waals surface area contributed by atoms with Crippen molar-refractivity contribution in [2.24, 2.45) is 11.1 Å². The van der Waals surface area contributed by atoms with Gasteiger partial charge in [0.15, 0.2) is 0 Å². The lowest BCUT2D eigenvalue weighted by Gasteiger charge is -2.34. The third-order valence-electron chi connectivity index (χ3n) is 5.10. The van der Waals surface area contributed by atoms with Gasteiger partial charge < -0.3 is 11.1 Å². The molecule has 1 saturated carbocycles. The highest BCUT2D eigenvalue weighted by molar-refractivity contribution is 7.89. The first-order valence-corrected chi connectivity index (χ1v) is 9.45. The monoisotopic (exact) mass is 317 g/mol. The van der Waals surface area contributed by atoms with Crippen LogP contribution in [0, 0.1) is 5.41 Å². The van der Waals surface area contributed by atoms with Crippen LogP contribution in [0.25, 0.3) is 0 Å². The highest BCUT2D eigenvalue weighted by atomic mass is 32.2. The van der Waals surface area contributed by atoms with Gasteiger partial charge in [0, 0.05) is 25.2 Å². The predicted octanol–water partition coefficient (Wildman–Crippen LogP) is 0.434. The molecular weight excluding hydrogens is 290 g/mol. The van der Waals surface area contributed by atoms with Crippen molar-refractivity contribution in [1.82, 2.24) is 9.62 Å². The Kier molecular flexibility index (Phi) is 4.95. The second kappa shape index (κ2) is 6.22. The van der Waals surface area contributed by atoms with Crippen LogP contribution in [0.3, 0.4) is 0 Å². The number of nitrogens with two attached hydrogens (primary N) is 1. The lowest BCUT2D eigenvalue weighted by Crippen LogP contribution is -2.53. The number of hydrogen-bond acceptors (Lipinski definition) is 4. The Morgan fingerprint density at radius 1 is 1.33 bits per heavy atom. The maximum absolute atomic E-state index is 12.5. The van der Waals surface area contributed by atoms with Gasteiger partial charge in [-0.25, -0.2) is 12.7 Å². The van der Waals surface area contributed by atoms with Crippen LogP contribution in [-0.4, -0.2) is 49.6 Å². The minimum atomic E-state index is -3.11.